The molecule has 0 aromatic heterocycles. The van der Waals surface area contributed by atoms with Gasteiger partial charge < -0.3 is 20.1 Å². The summed E-state index contributed by atoms with van der Waals surface area (Å²) >= 11 is 0. The van der Waals surface area contributed by atoms with Crippen molar-refractivity contribution in [3.8, 4) is 0 Å². The molecule has 0 aromatic rings. The first-order chi connectivity index (χ1) is 8.65. The van der Waals surface area contributed by atoms with Crippen molar-refractivity contribution in [1.29, 1.82) is 0 Å². The van der Waals surface area contributed by atoms with E-state index in [0.717, 1.165) is 0 Å². The van der Waals surface area contributed by atoms with E-state index >= 15 is 0 Å². The number of nitrogens with two attached hydrogens (primary N) is 1. The van der Waals surface area contributed by atoms with E-state index in [2.05, 4.69) is 11.3 Å². The van der Waals surface area contributed by atoms with Crippen LogP contribution < -0.4 is 5.73 Å². The number of amides is 1. The van der Waals surface area contributed by atoms with Gasteiger partial charge in [-0.25, -0.2) is 4.79 Å². The fourth-order valence-corrected chi connectivity index (χ4v) is 1.93. The molecule has 0 bridgehead atoms. The van der Waals surface area contributed by atoms with Gasteiger partial charge in [0.25, 0.3) is 0 Å². The highest BCUT2D eigenvalue weighted by Crippen LogP contribution is 2.35. The van der Waals surface area contributed by atoms with Crippen molar-refractivity contribution in [3.05, 3.63) is 12.7 Å². The molecule has 108 valence electrons. The molecule has 1 aliphatic heterocycles. The van der Waals surface area contributed by atoms with Gasteiger partial charge in [-0.3, -0.25) is 4.79 Å². The molecule has 2 N–H and O–H groups in total. The molecule has 19 heavy (non-hydrogen) atoms. The quantitative estimate of drug-likeness (QED) is 0.609. The second-order valence-corrected chi connectivity index (χ2v) is 5.77. The minimum absolute atomic E-state index is 0.307. The third kappa shape index (κ3) is 3.26. The summed E-state index contributed by atoms with van der Waals surface area (Å²) in [5.41, 5.74) is 4.66. The zero-order valence-corrected chi connectivity index (χ0v) is 11.9. The van der Waals surface area contributed by atoms with Crippen molar-refractivity contribution >= 4 is 12.1 Å². The maximum atomic E-state index is 11.8. The van der Waals surface area contributed by atoms with Crippen LogP contribution in [-0.4, -0.2) is 48.8 Å². The third-order valence-electron chi connectivity index (χ3n) is 3.10. The first-order valence-corrected chi connectivity index (χ1v) is 6.10. The molecule has 1 unspecified atom stereocenters. The van der Waals surface area contributed by atoms with Gasteiger partial charge in [-0.05, 0) is 20.8 Å². The number of methoxy groups -OCH3 is 1. The number of esters is 1. The lowest BCUT2D eigenvalue weighted by Crippen LogP contribution is -2.67. The minimum Gasteiger partial charge on any atom is -0.468 e. The van der Waals surface area contributed by atoms with Gasteiger partial charge in [0, 0.05) is 18.5 Å². The van der Waals surface area contributed by atoms with Crippen LogP contribution >= 0.6 is 0 Å². The number of ether oxygens (including phenoxy) is 2. The molecular weight excluding hydrogens is 248 g/mol. The first kappa shape index (κ1) is 15.5. The van der Waals surface area contributed by atoms with Gasteiger partial charge in [-0.1, -0.05) is 6.08 Å². The Kier molecular flexibility index (Phi) is 4.25. The zero-order valence-electron chi connectivity index (χ0n) is 11.9. The van der Waals surface area contributed by atoms with Crippen LogP contribution in [0.5, 0.6) is 0 Å². The molecule has 1 fully saturated rings. The van der Waals surface area contributed by atoms with E-state index in [0.29, 0.717) is 13.1 Å². The Balaban J connectivity index is 2.65. The van der Waals surface area contributed by atoms with E-state index in [1.54, 1.807) is 26.8 Å². The molecule has 0 radical (unpaired) electrons. The van der Waals surface area contributed by atoms with Gasteiger partial charge in [0.05, 0.1) is 7.11 Å². The summed E-state index contributed by atoms with van der Waals surface area (Å²) in [4.78, 5) is 24.8. The van der Waals surface area contributed by atoms with Crippen LogP contribution in [0.1, 0.15) is 20.8 Å². The van der Waals surface area contributed by atoms with E-state index in [1.807, 2.05) is 0 Å². The predicted octanol–water partition coefficient (Wildman–Crippen LogP) is 0.910. The van der Waals surface area contributed by atoms with E-state index in [1.165, 1.54) is 12.0 Å². The molecule has 1 atom stereocenters. The summed E-state index contributed by atoms with van der Waals surface area (Å²) in [7, 11) is 1.28. The average molecular weight is 270 g/mol. The lowest BCUT2D eigenvalue weighted by Gasteiger charge is -2.50. The van der Waals surface area contributed by atoms with Crippen molar-refractivity contribution in [2.24, 2.45) is 11.1 Å². The molecule has 1 amide bonds. The molecule has 0 spiro atoms. The van der Waals surface area contributed by atoms with Crippen LogP contribution in [0.4, 0.5) is 4.79 Å². The van der Waals surface area contributed by atoms with Crippen molar-refractivity contribution < 1.29 is 19.1 Å². The Labute approximate surface area is 113 Å². The topological polar surface area (TPSA) is 81.9 Å². The van der Waals surface area contributed by atoms with Crippen LogP contribution in [0.25, 0.3) is 0 Å². The number of carbonyl (C=O) groups excluding carboxylic acids is 2. The summed E-state index contributed by atoms with van der Waals surface area (Å²) < 4.78 is 9.87. The number of likely N-dealkylation sites (tertiary alicyclic amines) is 1. The van der Waals surface area contributed by atoms with Gasteiger partial charge in [0.2, 0.25) is 0 Å². The number of nitrogens with zero attached hydrogens (tertiary/aromatic N) is 1. The number of hydrogen-bond donors (Lipinski definition) is 1. The summed E-state index contributed by atoms with van der Waals surface area (Å²) in [5, 5.41) is 0. The monoisotopic (exact) mass is 270 g/mol. The van der Waals surface area contributed by atoms with Crippen LogP contribution in [0.15, 0.2) is 12.7 Å². The lowest BCUT2D eigenvalue weighted by atomic mass is 9.74. The highest BCUT2D eigenvalue weighted by atomic mass is 16.6. The van der Waals surface area contributed by atoms with Crippen molar-refractivity contribution in [2.75, 3.05) is 20.2 Å². The van der Waals surface area contributed by atoms with Gasteiger partial charge in [-0.2, -0.15) is 0 Å². The number of hydrogen-bond acceptors (Lipinski definition) is 5. The molecule has 6 nitrogen and oxygen atoms in total. The smallest absolute Gasteiger partial charge is 0.410 e. The Morgan fingerprint density at radius 2 is 1.95 bits per heavy atom. The van der Waals surface area contributed by atoms with Crippen molar-refractivity contribution in [2.45, 2.75) is 32.4 Å². The third-order valence-corrected chi connectivity index (χ3v) is 3.10. The summed E-state index contributed by atoms with van der Waals surface area (Å²) in [6, 6.07) is -0.825. The molecular formula is C13H22N2O4. The second-order valence-electron chi connectivity index (χ2n) is 5.77. The van der Waals surface area contributed by atoms with Gasteiger partial charge >= 0.3 is 12.1 Å². The maximum Gasteiger partial charge on any atom is 0.410 e. The fraction of sp³-hybridized carbons (Fsp3) is 0.692. The molecule has 1 aliphatic rings. The predicted molar refractivity (Wildman–Crippen MR) is 70.4 cm³/mol. The molecule has 1 heterocycles. The fourth-order valence-electron chi connectivity index (χ4n) is 1.93. The second kappa shape index (κ2) is 5.21. The maximum absolute atomic E-state index is 11.8. The zero-order chi connectivity index (χ0) is 14.8. The van der Waals surface area contributed by atoms with Gasteiger partial charge in [0.15, 0.2) is 0 Å². The largest absolute Gasteiger partial charge is 0.468 e. The van der Waals surface area contributed by atoms with Crippen LogP contribution in [-0.2, 0) is 14.3 Å². The number of carbonyl (C=O) groups is 2. The van der Waals surface area contributed by atoms with E-state index in [-0.39, 0.29) is 0 Å². The number of rotatable bonds is 3. The molecule has 0 saturated carbocycles. The molecule has 1 saturated heterocycles. The SMILES string of the molecule is C=CC1(C(N)C(=O)OC)CN(C(=O)OC(C)(C)C)C1. The molecule has 1 rings (SSSR count). The average Bonchev–Trinajstić information content (AvgIpc) is 2.24. The highest BCUT2D eigenvalue weighted by molar-refractivity contribution is 5.78. The standard InChI is InChI=1S/C13H22N2O4/c1-6-13(9(14)10(16)18-5)7-15(8-13)11(17)19-12(2,3)4/h6,9H,1,7-8,14H2,2-5H3. The summed E-state index contributed by atoms with van der Waals surface area (Å²) in [6.45, 7) is 9.70. The Bertz CT molecular complexity index is 381. The summed E-state index contributed by atoms with van der Waals surface area (Å²) in [5.74, 6) is -0.510. The Morgan fingerprint density at radius 3 is 2.32 bits per heavy atom. The lowest BCUT2D eigenvalue weighted by molar-refractivity contribution is -0.147. The summed E-state index contributed by atoms with van der Waals surface area (Å²) in [6.07, 6.45) is 1.19. The van der Waals surface area contributed by atoms with Gasteiger partial charge in [-0.15, -0.1) is 6.58 Å². The van der Waals surface area contributed by atoms with Crippen LogP contribution in [0.3, 0.4) is 0 Å². The van der Waals surface area contributed by atoms with E-state index in [9.17, 15) is 9.59 Å². The van der Waals surface area contributed by atoms with E-state index in [4.69, 9.17) is 10.5 Å². The molecule has 6 heteroatoms. The Hall–Kier alpha value is -1.56. The van der Waals surface area contributed by atoms with Crippen molar-refractivity contribution in [3.63, 3.8) is 0 Å². The molecule has 0 aromatic carbocycles. The van der Waals surface area contributed by atoms with E-state index < -0.39 is 29.1 Å². The highest BCUT2D eigenvalue weighted by Gasteiger charge is 2.51. The van der Waals surface area contributed by atoms with Crippen molar-refractivity contribution in [1.82, 2.24) is 4.90 Å². The van der Waals surface area contributed by atoms with Gasteiger partial charge in [0.1, 0.15) is 11.6 Å². The normalized spacial score (nSPS) is 19.1. The first-order valence-electron chi connectivity index (χ1n) is 6.10. The minimum atomic E-state index is -0.825. The van der Waals surface area contributed by atoms with Crippen LogP contribution in [0, 0.1) is 5.41 Å². The van der Waals surface area contributed by atoms with Crippen LogP contribution in [0.2, 0.25) is 0 Å². The Morgan fingerprint density at radius 1 is 1.42 bits per heavy atom. The molecule has 0 aliphatic carbocycles.